The Labute approximate surface area is 94.0 Å². The number of hydrogen-bond acceptors (Lipinski definition) is 6. The largest absolute Gasteiger partial charge is 0.464 e. The van der Waals surface area contributed by atoms with Crippen LogP contribution in [0.25, 0.3) is 0 Å². The standard InChI is InChI=1S/C7H8N2O4S2/c1-2-13-7(12)15-9(6(10)11)5-8-3-4-14-5/h3-4H,2H2,1H3,(H,10,11). The molecule has 0 saturated heterocycles. The summed E-state index contributed by atoms with van der Waals surface area (Å²) in [5.41, 5.74) is 0. The molecule has 1 amide bonds. The van der Waals surface area contributed by atoms with Gasteiger partial charge in [0.2, 0.25) is 5.13 Å². The summed E-state index contributed by atoms with van der Waals surface area (Å²) >= 11 is 1.58. The molecule has 0 aliphatic carbocycles. The molecule has 1 N–H and O–H groups in total. The van der Waals surface area contributed by atoms with Gasteiger partial charge in [-0.2, -0.15) is 4.31 Å². The first-order valence-electron chi connectivity index (χ1n) is 3.92. The van der Waals surface area contributed by atoms with E-state index < -0.39 is 11.4 Å². The number of carbonyl (C=O) groups is 2. The van der Waals surface area contributed by atoms with Crippen molar-refractivity contribution in [3.05, 3.63) is 11.6 Å². The highest BCUT2D eigenvalue weighted by Crippen LogP contribution is 2.25. The maximum atomic E-state index is 11.1. The summed E-state index contributed by atoms with van der Waals surface area (Å²) in [6.07, 6.45) is 0.199. The summed E-state index contributed by atoms with van der Waals surface area (Å²) in [4.78, 5) is 25.7. The predicted molar refractivity (Wildman–Crippen MR) is 57.2 cm³/mol. The second kappa shape index (κ2) is 5.56. The van der Waals surface area contributed by atoms with Crippen LogP contribution in [-0.2, 0) is 4.74 Å². The fourth-order valence-corrected chi connectivity index (χ4v) is 2.00. The van der Waals surface area contributed by atoms with Crippen LogP contribution < -0.4 is 4.31 Å². The summed E-state index contributed by atoms with van der Waals surface area (Å²) in [6, 6.07) is 0. The number of hydrogen-bond donors (Lipinski definition) is 1. The van der Waals surface area contributed by atoms with Gasteiger partial charge in [-0.15, -0.1) is 11.3 Å². The maximum absolute atomic E-state index is 11.1. The van der Waals surface area contributed by atoms with Crippen LogP contribution in [0, 0.1) is 0 Å². The molecule has 1 aromatic rings. The normalized spacial score (nSPS) is 9.67. The first kappa shape index (κ1) is 11.8. The average molecular weight is 248 g/mol. The number of thiazole rings is 1. The summed E-state index contributed by atoms with van der Waals surface area (Å²) in [6.45, 7) is 1.85. The van der Waals surface area contributed by atoms with Crippen LogP contribution in [0.15, 0.2) is 11.6 Å². The predicted octanol–water partition coefficient (Wildman–Crippen LogP) is 2.43. The Hall–Kier alpha value is -1.28. The topological polar surface area (TPSA) is 79.7 Å². The van der Waals surface area contributed by atoms with Gasteiger partial charge in [-0.3, -0.25) is 0 Å². The smallest absolute Gasteiger partial charge is 0.424 e. The highest BCUT2D eigenvalue weighted by atomic mass is 32.2. The van der Waals surface area contributed by atoms with Crippen molar-refractivity contribution in [2.75, 3.05) is 10.9 Å². The molecule has 0 atom stereocenters. The number of rotatable bonds is 2. The van der Waals surface area contributed by atoms with Crippen molar-refractivity contribution in [2.24, 2.45) is 0 Å². The van der Waals surface area contributed by atoms with E-state index in [1.54, 1.807) is 12.3 Å². The zero-order valence-corrected chi connectivity index (χ0v) is 9.38. The van der Waals surface area contributed by atoms with E-state index in [1.165, 1.54) is 6.20 Å². The minimum Gasteiger partial charge on any atom is -0.464 e. The molecule has 6 nitrogen and oxygen atoms in total. The van der Waals surface area contributed by atoms with Gasteiger partial charge in [0.05, 0.1) is 18.6 Å². The zero-order valence-electron chi connectivity index (χ0n) is 7.74. The van der Waals surface area contributed by atoms with Crippen LogP contribution in [0.3, 0.4) is 0 Å². The van der Waals surface area contributed by atoms with E-state index in [0.29, 0.717) is 11.9 Å². The summed E-state index contributed by atoms with van der Waals surface area (Å²) in [7, 11) is 0. The Morgan fingerprint density at radius 1 is 1.73 bits per heavy atom. The molecule has 0 saturated carbocycles. The quantitative estimate of drug-likeness (QED) is 0.639. The molecule has 0 unspecified atom stereocenters. The lowest BCUT2D eigenvalue weighted by atomic mass is 10.9. The van der Waals surface area contributed by atoms with Crippen LogP contribution in [0.5, 0.6) is 0 Å². The van der Waals surface area contributed by atoms with Crippen molar-refractivity contribution in [2.45, 2.75) is 6.92 Å². The van der Waals surface area contributed by atoms with E-state index in [2.05, 4.69) is 9.72 Å². The van der Waals surface area contributed by atoms with Crippen molar-refractivity contribution in [1.82, 2.24) is 4.98 Å². The third-order valence-electron chi connectivity index (χ3n) is 1.19. The minimum atomic E-state index is -1.26. The molecule has 0 radical (unpaired) electrons. The van der Waals surface area contributed by atoms with Gasteiger partial charge in [0, 0.05) is 11.6 Å². The van der Waals surface area contributed by atoms with Crippen LogP contribution in [-0.4, -0.2) is 28.1 Å². The number of carbonyl (C=O) groups excluding carboxylic acids is 1. The van der Waals surface area contributed by atoms with Gasteiger partial charge >= 0.3 is 11.4 Å². The number of amides is 1. The summed E-state index contributed by atoms with van der Waals surface area (Å²) in [5, 5.41) is 10.00. The Kier molecular flexibility index (Phi) is 4.37. The Balaban J connectivity index is 2.68. The van der Waals surface area contributed by atoms with Gasteiger partial charge in [-0.05, 0) is 6.92 Å². The molecule has 1 heterocycles. The van der Waals surface area contributed by atoms with Gasteiger partial charge in [-0.1, -0.05) is 0 Å². The summed E-state index contributed by atoms with van der Waals surface area (Å²) in [5.74, 6) is 0. The highest BCUT2D eigenvalue weighted by molar-refractivity contribution is 8.15. The number of ether oxygens (including phenoxy) is 1. The van der Waals surface area contributed by atoms with Crippen LogP contribution >= 0.6 is 23.3 Å². The fraction of sp³-hybridized carbons (Fsp3) is 0.286. The molecular formula is C7H8N2O4S2. The molecule has 8 heteroatoms. The SMILES string of the molecule is CCOC(=O)SN(C(=O)O)c1nccs1. The fourth-order valence-electron chi connectivity index (χ4n) is 0.695. The van der Waals surface area contributed by atoms with Crippen molar-refractivity contribution in [3.63, 3.8) is 0 Å². The van der Waals surface area contributed by atoms with Gasteiger partial charge < -0.3 is 9.84 Å². The molecule has 0 fully saturated rings. The molecule has 0 spiro atoms. The lowest BCUT2D eigenvalue weighted by molar-refractivity contribution is 0.181. The third kappa shape index (κ3) is 3.40. The number of nitrogens with zero attached hydrogens (tertiary/aromatic N) is 2. The van der Waals surface area contributed by atoms with E-state index in [4.69, 9.17) is 5.11 Å². The van der Waals surface area contributed by atoms with E-state index in [9.17, 15) is 9.59 Å². The lowest BCUT2D eigenvalue weighted by Gasteiger charge is -2.12. The lowest BCUT2D eigenvalue weighted by Crippen LogP contribution is -2.23. The number of aromatic nitrogens is 1. The molecule has 0 aromatic carbocycles. The molecule has 1 rings (SSSR count). The Morgan fingerprint density at radius 3 is 2.93 bits per heavy atom. The molecule has 0 aliphatic heterocycles. The average Bonchev–Trinajstić information content (AvgIpc) is 2.66. The molecule has 1 aromatic heterocycles. The highest BCUT2D eigenvalue weighted by Gasteiger charge is 2.22. The van der Waals surface area contributed by atoms with Crippen LogP contribution in [0.1, 0.15) is 6.92 Å². The second-order valence-electron chi connectivity index (χ2n) is 2.17. The van der Waals surface area contributed by atoms with Crippen LogP contribution in [0.4, 0.5) is 14.7 Å². The minimum absolute atomic E-state index is 0.206. The van der Waals surface area contributed by atoms with E-state index in [-0.39, 0.29) is 11.7 Å². The Morgan fingerprint density at radius 2 is 2.47 bits per heavy atom. The molecule has 15 heavy (non-hydrogen) atoms. The maximum Gasteiger partial charge on any atom is 0.424 e. The molecule has 0 bridgehead atoms. The van der Waals surface area contributed by atoms with Gasteiger partial charge in [0.1, 0.15) is 0 Å². The second-order valence-corrected chi connectivity index (χ2v) is 3.92. The summed E-state index contributed by atoms with van der Waals surface area (Å²) < 4.78 is 5.38. The third-order valence-corrected chi connectivity index (χ3v) is 2.85. The van der Waals surface area contributed by atoms with E-state index >= 15 is 0 Å². The first-order chi connectivity index (χ1) is 7.15. The number of anilines is 1. The van der Waals surface area contributed by atoms with Crippen molar-refractivity contribution in [1.29, 1.82) is 0 Å². The Bertz CT molecular complexity index is 341. The van der Waals surface area contributed by atoms with E-state index in [0.717, 1.165) is 15.6 Å². The first-order valence-corrected chi connectivity index (χ1v) is 5.57. The monoisotopic (exact) mass is 248 g/mol. The van der Waals surface area contributed by atoms with Crippen molar-refractivity contribution in [3.8, 4) is 0 Å². The van der Waals surface area contributed by atoms with Gasteiger partial charge in [0.25, 0.3) is 0 Å². The molecular weight excluding hydrogens is 240 g/mol. The number of carboxylic acid groups (broad SMARTS) is 1. The van der Waals surface area contributed by atoms with Crippen molar-refractivity contribution < 1.29 is 19.4 Å². The molecule has 0 aliphatic rings. The zero-order chi connectivity index (χ0) is 11.3. The molecule has 82 valence electrons. The van der Waals surface area contributed by atoms with Crippen molar-refractivity contribution >= 4 is 39.8 Å². The van der Waals surface area contributed by atoms with Crippen LogP contribution in [0.2, 0.25) is 0 Å². The van der Waals surface area contributed by atoms with E-state index in [1.807, 2.05) is 0 Å². The van der Waals surface area contributed by atoms with Gasteiger partial charge in [0.15, 0.2) is 0 Å². The van der Waals surface area contributed by atoms with Gasteiger partial charge in [-0.25, -0.2) is 14.6 Å².